The zero-order valence-corrected chi connectivity index (χ0v) is 24.0. The molecule has 2 aliphatic heterocycles. The normalized spacial score (nSPS) is 16.4. The number of anilines is 1. The van der Waals surface area contributed by atoms with Crippen molar-refractivity contribution in [2.45, 2.75) is 59.2 Å². The average Bonchev–Trinajstić information content (AvgIpc) is 3.62. The molecule has 1 atom stereocenters. The second-order valence-corrected chi connectivity index (χ2v) is 11.4. The van der Waals surface area contributed by atoms with Crippen LogP contribution in [0.4, 0.5) is 15.0 Å². The van der Waals surface area contributed by atoms with Crippen LogP contribution < -0.4 is 14.4 Å². The number of hydrogen-bond donors (Lipinski definition) is 0. The number of halogens is 1. The Hall–Kier alpha value is -4.19. The summed E-state index contributed by atoms with van der Waals surface area (Å²) < 4.78 is 42.5. The lowest BCUT2D eigenvalue weighted by atomic mass is 9.95. The van der Waals surface area contributed by atoms with Gasteiger partial charge in [-0.25, -0.2) is 9.18 Å². The third-order valence-electron chi connectivity index (χ3n) is 7.40. The Bertz CT molecular complexity index is 1660. The predicted molar refractivity (Wildman–Crippen MR) is 148 cm³/mol. The van der Waals surface area contributed by atoms with E-state index in [0.717, 1.165) is 22.5 Å². The summed E-state index contributed by atoms with van der Waals surface area (Å²) in [5.74, 6) is 0.700. The van der Waals surface area contributed by atoms with Crippen LogP contribution in [0.5, 0.6) is 11.5 Å². The summed E-state index contributed by atoms with van der Waals surface area (Å²) in [6.07, 6.45) is 0.871. The van der Waals surface area contributed by atoms with E-state index < -0.39 is 17.5 Å². The summed E-state index contributed by atoms with van der Waals surface area (Å²) in [5, 5.41) is 13.3. The lowest BCUT2D eigenvalue weighted by molar-refractivity contribution is 0.0574. The van der Waals surface area contributed by atoms with Crippen LogP contribution in [-0.4, -0.2) is 63.0 Å². The number of fused-ring (bicyclic) bond motifs is 3. The topological polar surface area (TPSA) is 105 Å². The Morgan fingerprint density at radius 2 is 1.93 bits per heavy atom. The highest BCUT2D eigenvalue weighted by molar-refractivity contribution is 5.92. The van der Waals surface area contributed by atoms with Gasteiger partial charge in [0.25, 0.3) is 0 Å². The van der Waals surface area contributed by atoms with Crippen LogP contribution >= 0.6 is 0 Å². The van der Waals surface area contributed by atoms with Crippen molar-refractivity contribution in [1.29, 1.82) is 0 Å². The molecule has 0 radical (unpaired) electrons. The molecule has 0 unspecified atom stereocenters. The maximum atomic E-state index is 15.4. The van der Waals surface area contributed by atoms with Gasteiger partial charge < -0.3 is 18.9 Å². The van der Waals surface area contributed by atoms with E-state index in [1.165, 1.54) is 17.3 Å². The van der Waals surface area contributed by atoms with Gasteiger partial charge in [0, 0.05) is 35.1 Å². The lowest BCUT2D eigenvalue weighted by Crippen LogP contribution is -2.38. The highest BCUT2D eigenvalue weighted by Crippen LogP contribution is 2.44. The first-order valence-corrected chi connectivity index (χ1v) is 13.5. The van der Waals surface area contributed by atoms with Crippen LogP contribution in [0.3, 0.4) is 0 Å². The fourth-order valence-electron chi connectivity index (χ4n) is 5.64. The second-order valence-electron chi connectivity index (χ2n) is 11.4. The van der Waals surface area contributed by atoms with Crippen LogP contribution in [0, 0.1) is 19.7 Å². The summed E-state index contributed by atoms with van der Waals surface area (Å²) >= 11 is 0. The van der Waals surface area contributed by atoms with Crippen molar-refractivity contribution in [3.8, 4) is 22.6 Å². The molecule has 2 aliphatic rings. The van der Waals surface area contributed by atoms with Gasteiger partial charge in [-0.1, -0.05) is 0 Å². The highest BCUT2D eigenvalue weighted by Gasteiger charge is 2.37. The fourth-order valence-corrected chi connectivity index (χ4v) is 5.64. The maximum Gasteiger partial charge on any atom is 0.416 e. The number of aryl methyl sites for hydroxylation is 1. The molecular weight excluding hydrogens is 531 g/mol. The smallest absolute Gasteiger partial charge is 0.416 e. The van der Waals surface area contributed by atoms with E-state index in [-0.39, 0.29) is 19.1 Å². The molecule has 11 nitrogen and oxygen atoms in total. The van der Waals surface area contributed by atoms with Gasteiger partial charge in [0.1, 0.15) is 23.5 Å². The molecule has 5 heterocycles. The molecule has 0 N–H and O–H groups in total. The Kier molecular flexibility index (Phi) is 6.60. The second kappa shape index (κ2) is 10.0. The van der Waals surface area contributed by atoms with Gasteiger partial charge in [-0.15, -0.1) is 10.2 Å². The van der Waals surface area contributed by atoms with E-state index in [1.54, 1.807) is 38.3 Å². The third kappa shape index (κ3) is 4.65. The van der Waals surface area contributed by atoms with Crippen molar-refractivity contribution in [2.24, 2.45) is 0 Å². The minimum Gasteiger partial charge on any atom is -0.493 e. The van der Waals surface area contributed by atoms with Gasteiger partial charge in [0.15, 0.2) is 17.2 Å². The zero-order chi connectivity index (χ0) is 29.1. The van der Waals surface area contributed by atoms with Crippen molar-refractivity contribution < 1.29 is 28.1 Å². The molecule has 41 heavy (non-hydrogen) atoms. The van der Waals surface area contributed by atoms with E-state index in [2.05, 4.69) is 10.2 Å². The van der Waals surface area contributed by atoms with E-state index in [9.17, 15) is 4.79 Å². The number of pyridine rings is 1. The molecule has 0 fully saturated rings. The summed E-state index contributed by atoms with van der Waals surface area (Å²) in [5.41, 5.74) is 4.14. The minimum atomic E-state index is -0.795. The van der Waals surface area contributed by atoms with Gasteiger partial charge in [-0.05, 0) is 52.8 Å². The van der Waals surface area contributed by atoms with E-state index in [4.69, 9.17) is 24.0 Å². The van der Waals surface area contributed by atoms with Crippen molar-refractivity contribution in [3.63, 3.8) is 0 Å². The number of carbonyl (C=O) groups excluding carboxylic acids is 1. The maximum absolute atomic E-state index is 15.4. The molecule has 3 aromatic heterocycles. The molecule has 12 heteroatoms. The van der Waals surface area contributed by atoms with Crippen molar-refractivity contribution in [2.75, 3.05) is 31.8 Å². The van der Waals surface area contributed by atoms with Gasteiger partial charge in [-0.3, -0.25) is 14.0 Å². The molecular formula is C29H33FN6O5. The highest BCUT2D eigenvalue weighted by atomic mass is 19.1. The van der Waals surface area contributed by atoms with Gasteiger partial charge >= 0.3 is 6.09 Å². The van der Waals surface area contributed by atoms with Gasteiger partial charge in [0.05, 0.1) is 44.5 Å². The van der Waals surface area contributed by atoms with Crippen LogP contribution in [0.1, 0.15) is 49.2 Å². The number of methoxy groups -OCH3 is 1. The molecule has 6 rings (SSSR count). The number of carbonyl (C=O) groups is 1. The summed E-state index contributed by atoms with van der Waals surface area (Å²) in [6, 6.07) is 4.85. The fraction of sp³-hybridized carbons (Fsp3) is 0.448. The summed E-state index contributed by atoms with van der Waals surface area (Å²) in [6.45, 7) is 10.9. The zero-order valence-electron chi connectivity index (χ0n) is 24.0. The molecule has 216 valence electrons. The molecule has 0 saturated carbocycles. The Balaban J connectivity index is 1.58. The van der Waals surface area contributed by atoms with E-state index >= 15 is 4.39 Å². The first-order chi connectivity index (χ1) is 19.6. The van der Waals surface area contributed by atoms with Crippen LogP contribution in [0.25, 0.3) is 16.8 Å². The number of ether oxygens (including phenoxy) is 4. The number of aromatic nitrogens is 5. The number of hydrogen-bond acceptors (Lipinski definition) is 8. The van der Waals surface area contributed by atoms with Gasteiger partial charge in [-0.2, -0.15) is 5.10 Å². The van der Waals surface area contributed by atoms with Gasteiger partial charge in [0.2, 0.25) is 0 Å². The molecule has 0 spiro atoms. The standard InChI is InChI=1S/C29H33FN6O5/c1-16-24(17(2)36(33-16)9-10-38-6)19-11-23-27(35-15-31-32-26(19)35)34(28(37)41-29(3,4)5)12-20-21(30)7-8-22-25(20)18(13-39-22)14-40-23/h7-8,11,15,18H,9-10,12-14H2,1-6H3/t18-/m1/s1. The quantitative estimate of drug-likeness (QED) is 0.348. The van der Waals surface area contributed by atoms with E-state index in [0.29, 0.717) is 53.8 Å². The lowest BCUT2D eigenvalue weighted by Gasteiger charge is -2.29. The Morgan fingerprint density at radius 1 is 1.17 bits per heavy atom. The minimum absolute atomic E-state index is 0.0974. The first-order valence-electron chi connectivity index (χ1n) is 13.5. The number of benzene rings is 1. The van der Waals surface area contributed by atoms with Crippen molar-refractivity contribution >= 4 is 17.6 Å². The monoisotopic (exact) mass is 564 g/mol. The van der Waals surface area contributed by atoms with E-state index in [1.807, 2.05) is 24.6 Å². The van der Waals surface area contributed by atoms with Crippen LogP contribution in [0.15, 0.2) is 24.5 Å². The molecule has 1 aromatic carbocycles. The van der Waals surface area contributed by atoms with Crippen molar-refractivity contribution in [3.05, 3.63) is 52.9 Å². The molecule has 4 aromatic rings. The Labute approximate surface area is 236 Å². The molecule has 0 bridgehead atoms. The predicted octanol–water partition coefficient (Wildman–Crippen LogP) is 4.81. The summed E-state index contributed by atoms with van der Waals surface area (Å²) in [4.78, 5) is 15.2. The summed E-state index contributed by atoms with van der Waals surface area (Å²) in [7, 11) is 1.65. The SMILES string of the molecule is COCCn1nc(C)c(-c2cc3c(n4cnnc24)N(C(=O)OC(C)(C)C)Cc2c(F)ccc4c2[C@H](CO4)CO3)c1C. The number of rotatable bonds is 4. The third-order valence-corrected chi connectivity index (χ3v) is 7.40. The van der Waals surface area contributed by atoms with Crippen LogP contribution in [0.2, 0.25) is 0 Å². The van der Waals surface area contributed by atoms with Crippen molar-refractivity contribution in [1.82, 2.24) is 24.4 Å². The largest absolute Gasteiger partial charge is 0.493 e. The number of amides is 1. The first kappa shape index (κ1) is 27.0. The average molecular weight is 565 g/mol. The molecule has 1 amide bonds. The molecule has 0 saturated heterocycles. The molecule has 0 aliphatic carbocycles. The number of nitrogens with zero attached hydrogens (tertiary/aromatic N) is 6. The van der Waals surface area contributed by atoms with Crippen LogP contribution in [-0.2, 0) is 22.6 Å². The Morgan fingerprint density at radius 3 is 2.66 bits per heavy atom.